The summed E-state index contributed by atoms with van der Waals surface area (Å²) in [6.07, 6.45) is 2.28. The van der Waals surface area contributed by atoms with E-state index in [-0.39, 0.29) is 17.9 Å². The largest absolute Gasteiger partial charge is 0.317 e. The molecule has 2 N–H and O–H groups in total. The molecule has 18 heavy (non-hydrogen) atoms. The van der Waals surface area contributed by atoms with E-state index in [2.05, 4.69) is 10.6 Å². The van der Waals surface area contributed by atoms with Crippen molar-refractivity contribution in [2.24, 2.45) is 5.92 Å². The van der Waals surface area contributed by atoms with Gasteiger partial charge in [-0.25, -0.2) is 4.39 Å². The van der Waals surface area contributed by atoms with Crippen molar-refractivity contribution in [3.05, 3.63) is 35.6 Å². The van der Waals surface area contributed by atoms with Crippen molar-refractivity contribution in [3.8, 4) is 0 Å². The van der Waals surface area contributed by atoms with Gasteiger partial charge in [-0.05, 0) is 50.5 Å². The van der Waals surface area contributed by atoms with Crippen LogP contribution < -0.4 is 10.6 Å². The maximum atomic E-state index is 13.4. The Morgan fingerprint density at radius 3 is 2.78 bits per heavy atom. The fourth-order valence-electron chi connectivity index (χ4n) is 2.26. The van der Waals surface area contributed by atoms with E-state index >= 15 is 0 Å². The van der Waals surface area contributed by atoms with Gasteiger partial charge in [0.25, 0.3) is 0 Å². The van der Waals surface area contributed by atoms with Crippen LogP contribution in [0.3, 0.4) is 0 Å². The van der Waals surface area contributed by atoms with Crippen molar-refractivity contribution in [1.82, 2.24) is 10.6 Å². The summed E-state index contributed by atoms with van der Waals surface area (Å²) >= 11 is 0. The van der Waals surface area contributed by atoms with Crippen molar-refractivity contribution >= 4 is 5.78 Å². The quantitative estimate of drug-likeness (QED) is 0.780. The number of piperidine rings is 1. The molecule has 0 bridgehead atoms. The minimum Gasteiger partial charge on any atom is -0.317 e. The van der Waals surface area contributed by atoms with Gasteiger partial charge in [0.05, 0.1) is 12.1 Å². The number of hydrogen-bond donors (Lipinski definition) is 2. The Bertz CT molecular complexity index is 403. The van der Waals surface area contributed by atoms with Crippen molar-refractivity contribution in [3.63, 3.8) is 0 Å². The first-order chi connectivity index (χ1) is 8.77. The molecule has 1 fully saturated rings. The molecule has 0 atom stereocenters. The minimum absolute atomic E-state index is 0.176. The van der Waals surface area contributed by atoms with Crippen LogP contribution in [0.1, 0.15) is 23.2 Å². The molecule has 1 heterocycles. The molecular formula is C14H19FN2O. The summed E-state index contributed by atoms with van der Waals surface area (Å²) in [4.78, 5) is 11.8. The third-order valence-corrected chi connectivity index (χ3v) is 3.35. The normalized spacial score (nSPS) is 16.7. The average Bonchev–Trinajstić information content (AvgIpc) is 2.40. The lowest BCUT2D eigenvalue weighted by Gasteiger charge is -2.22. The molecule has 1 aromatic carbocycles. The number of Topliss-reactive ketones (excluding diaryl/α,β-unsaturated/α-hetero) is 1. The highest BCUT2D eigenvalue weighted by atomic mass is 19.1. The minimum atomic E-state index is -0.439. The summed E-state index contributed by atoms with van der Waals surface area (Å²) < 4.78 is 13.4. The highest BCUT2D eigenvalue weighted by molar-refractivity contribution is 5.97. The monoisotopic (exact) mass is 250 g/mol. The van der Waals surface area contributed by atoms with Gasteiger partial charge in [0.1, 0.15) is 5.82 Å². The van der Waals surface area contributed by atoms with Crippen LogP contribution in [0.2, 0.25) is 0 Å². The van der Waals surface area contributed by atoms with Crippen molar-refractivity contribution in [1.29, 1.82) is 0 Å². The molecule has 3 nitrogen and oxygen atoms in total. The maximum absolute atomic E-state index is 13.4. The van der Waals surface area contributed by atoms with Crippen LogP contribution in [0.4, 0.5) is 4.39 Å². The molecule has 4 heteroatoms. The summed E-state index contributed by atoms with van der Waals surface area (Å²) in [6.45, 7) is 3.15. The first-order valence-electron chi connectivity index (χ1n) is 6.46. The van der Waals surface area contributed by atoms with E-state index < -0.39 is 5.82 Å². The van der Waals surface area contributed by atoms with Gasteiger partial charge in [-0.15, -0.1) is 0 Å². The second-order valence-corrected chi connectivity index (χ2v) is 4.73. The van der Waals surface area contributed by atoms with Crippen LogP contribution >= 0.6 is 0 Å². The molecule has 0 spiro atoms. The molecule has 98 valence electrons. The fourth-order valence-corrected chi connectivity index (χ4v) is 2.26. The van der Waals surface area contributed by atoms with Crippen LogP contribution in [0.15, 0.2) is 24.3 Å². The Labute approximate surface area is 107 Å². The van der Waals surface area contributed by atoms with Crippen LogP contribution in [0, 0.1) is 11.7 Å². The molecule has 1 aliphatic heterocycles. The summed E-state index contributed by atoms with van der Waals surface area (Å²) in [5.41, 5.74) is 0.176. The molecule has 0 aromatic heterocycles. The van der Waals surface area contributed by atoms with Gasteiger partial charge in [-0.2, -0.15) is 0 Å². The number of carbonyl (C=O) groups is 1. The zero-order valence-corrected chi connectivity index (χ0v) is 10.4. The number of rotatable bonds is 5. The number of nitrogens with one attached hydrogen (secondary N) is 2. The van der Waals surface area contributed by atoms with Gasteiger partial charge in [0, 0.05) is 0 Å². The van der Waals surface area contributed by atoms with Gasteiger partial charge < -0.3 is 10.6 Å². The third-order valence-electron chi connectivity index (χ3n) is 3.35. The van der Waals surface area contributed by atoms with Crippen molar-refractivity contribution < 1.29 is 9.18 Å². The zero-order valence-electron chi connectivity index (χ0n) is 10.4. The number of carbonyl (C=O) groups excluding carboxylic acids is 1. The van der Waals surface area contributed by atoms with Gasteiger partial charge in [0.2, 0.25) is 0 Å². The Morgan fingerprint density at radius 1 is 1.33 bits per heavy atom. The third kappa shape index (κ3) is 3.62. The molecule has 0 amide bonds. The Hall–Kier alpha value is -1.26. The van der Waals surface area contributed by atoms with Crippen molar-refractivity contribution in [2.75, 3.05) is 26.2 Å². The van der Waals surface area contributed by atoms with Crippen LogP contribution in [-0.4, -0.2) is 32.0 Å². The summed E-state index contributed by atoms with van der Waals surface area (Å²) in [6, 6.07) is 6.13. The van der Waals surface area contributed by atoms with Crippen LogP contribution in [0.25, 0.3) is 0 Å². The van der Waals surface area contributed by atoms with Crippen molar-refractivity contribution in [2.45, 2.75) is 12.8 Å². The molecular weight excluding hydrogens is 231 g/mol. The van der Waals surface area contributed by atoms with Gasteiger partial charge >= 0.3 is 0 Å². The summed E-state index contributed by atoms with van der Waals surface area (Å²) in [7, 11) is 0. The number of benzene rings is 1. The standard InChI is InChI=1S/C14H19FN2O/c15-13-4-2-1-3-12(13)14(18)10-17-9-11-5-7-16-8-6-11/h1-4,11,16-17H,5-10H2. The SMILES string of the molecule is O=C(CNCC1CCNCC1)c1ccccc1F. The summed E-state index contributed by atoms with van der Waals surface area (Å²) in [5.74, 6) is 0.00729. The average molecular weight is 250 g/mol. The van der Waals surface area contributed by atoms with E-state index in [4.69, 9.17) is 0 Å². The van der Waals surface area contributed by atoms with Gasteiger partial charge in [-0.1, -0.05) is 12.1 Å². The molecule has 1 aromatic rings. The zero-order chi connectivity index (χ0) is 12.8. The van der Waals surface area contributed by atoms with E-state index in [0.717, 1.165) is 32.5 Å². The second kappa shape index (κ2) is 6.61. The summed E-state index contributed by atoms with van der Waals surface area (Å²) in [5, 5.41) is 6.44. The van der Waals surface area contributed by atoms with Crippen LogP contribution in [0.5, 0.6) is 0 Å². The first-order valence-corrected chi connectivity index (χ1v) is 6.46. The van der Waals surface area contributed by atoms with Gasteiger partial charge in [-0.3, -0.25) is 4.79 Å². The molecule has 1 aliphatic rings. The fraction of sp³-hybridized carbons (Fsp3) is 0.500. The lowest BCUT2D eigenvalue weighted by atomic mass is 9.98. The van der Waals surface area contributed by atoms with E-state index in [9.17, 15) is 9.18 Å². The number of ketones is 1. The topological polar surface area (TPSA) is 41.1 Å². The molecule has 0 saturated carbocycles. The van der Waals surface area contributed by atoms with E-state index in [1.165, 1.54) is 12.1 Å². The number of hydrogen-bond acceptors (Lipinski definition) is 3. The highest BCUT2D eigenvalue weighted by Crippen LogP contribution is 2.10. The van der Waals surface area contributed by atoms with E-state index in [1.807, 2.05) is 0 Å². The highest BCUT2D eigenvalue weighted by Gasteiger charge is 2.14. The van der Waals surface area contributed by atoms with Gasteiger partial charge in [0.15, 0.2) is 5.78 Å². The predicted octanol–water partition coefficient (Wildman–Crippen LogP) is 1.60. The van der Waals surface area contributed by atoms with E-state index in [0.29, 0.717) is 5.92 Å². The molecule has 2 rings (SSSR count). The lowest BCUT2D eigenvalue weighted by Crippen LogP contribution is -2.35. The Morgan fingerprint density at radius 2 is 2.06 bits per heavy atom. The molecule has 0 radical (unpaired) electrons. The molecule has 0 aliphatic carbocycles. The predicted molar refractivity (Wildman–Crippen MR) is 69.2 cm³/mol. The second-order valence-electron chi connectivity index (χ2n) is 4.73. The number of halogens is 1. The molecule has 0 unspecified atom stereocenters. The smallest absolute Gasteiger partial charge is 0.179 e. The van der Waals surface area contributed by atoms with Crippen LogP contribution in [-0.2, 0) is 0 Å². The first kappa shape index (κ1) is 13.2. The molecule has 1 saturated heterocycles. The maximum Gasteiger partial charge on any atom is 0.179 e. The Kier molecular flexibility index (Phi) is 4.84. The Balaban J connectivity index is 1.76. The van der Waals surface area contributed by atoms with E-state index in [1.54, 1.807) is 12.1 Å². The lowest BCUT2D eigenvalue weighted by molar-refractivity contribution is 0.0985.